The molecule has 1 N–H and O–H groups in total. The van der Waals surface area contributed by atoms with Gasteiger partial charge < -0.3 is 5.32 Å². The lowest BCUT2D eigenvalue weighted by Crippen LogP contribution is -2.16. The topological polar surface area (TPSA) is 42.0 Å². The van der Waals surface area contributed by atoms with Crippen molar-refractivity contribution in [1.29, 1.82) is 0 Å². The summed E-state index contributed by atoms with van der Waals surface area (Å²) in [6.45, 7) is 8.22. The van der Waals surface area contributed by atoms with Gasteiger partial charge in [0.1, 0.15) is 5.82 Å². The van der Waals surface area contributed by atoms with Crippen LogP contribution in [0.1, 0.15) is 57.3 Å². The Bertz CT molecular complexity index is 371. The summed E-state index contributed by atoms with van der Waals surface area (Å²) in [6.07, 6.45) is 5.28. The van der Waals surface area contributed by atoms with E-state index in [-0.39, 0.29) is 5.78 Å². The fraction of sp³-hybridized carbons (Fsp3) is 0.600. The predicted molar refractivity (Wildman–Crippen MR) is 76.0 cm³/mol. The zero-order valence-corrected chi connectivity index (χ0v) is 11.9. The van der Waals surface area contributed by atoms with E-state index in [2.05, 4.69) is 31.1 Å². The molecule has 0 saturated heterocycles. The van der Waals surface area contributed by atoms with Gasteiger partial charge in [0.05, 0.1) is 0 Å². The molecule has 1 rings (SSSR count). The van der Waals surface area contributed by atoms with E-state index in [1.165, 1.54) is 12.8 Å². The molecule has 1 aromatic rings. The summed E-state index contributed by atoms with van der Waals surface area (Å²) in [5, 5.41) is 3.36. The smallest absolute Gasteiger partial charge is 0.161 e. The number of carbonyl (C=O) groups excluding carboxylic acids is 1. The second-order valence-corrected chi connectivity index (χ2v) is 5.36. The van der Waals surface area contributed by atoms with Crippen LogP contribution in [0.15, 0.2) is 18.3 Å². The average Bonchev–Trinajstić information content (AvgIpc) is 2.29. The molecular weight excluding hydrogens is 224 g/mol. The Morgan fingerprint density at radius 1 is 1.28 bits per heavy atom. The number of aromatic nitrogens is 1. The van der Waals surface area contributed by atoms with E-state index in [1.54, 1.807) is 13.1 Å². The highest BCUT2D eigenvalue weighted by Crippen LogP contribution is 2.12. The van der Waals surface area contributed by atoms with Crippen molar-refractivity contribution >= 4 is 11.6 Å². The van der Waals surface area contributed by atoms with E-state index in [1.807, 2.05) is 12.1 Å². The van der Waals surface area contributed by atoms with Gasteiger partial charge in [-0.3, -0.25) is 4.79 Å². The number of carbonyl (C=O) groups is 1. The first-order chi connectivity index (χ1) is 8.49. The first kappa shape index (κ1) is 14.7. The number of hydrogen-bond donors (Lipinski definition) is 1. The molecule has 1 aromatic heterocycles. The first-order valence-corrected chi connectivity index (χ1v) is 6.72. The fourth-order valence-corrected chi connectivity index (χ4v) is 1.84. The predicted octanol–water partition coefficient (Wildman–Crippen LogP) is 3.91. The summed E-state index contributed by atoms with van der Waals surface area (Å²) >= 11 is 0. The summed E-state index contributed by atoms with van der Waals surface area (Å²) in [6, 6.07) is 4.10. The Kier molecular flexibility index (Phi) is 5.83. The lowest BCUT2D eigenvalue weighted by Gasteiger charge is -2.15. The van der Waals surface area contributed by atoms with Gasteiger partial charge in [-0.05, 0) is 38.3 Å². The second kappa shape index (κ2) is 7.14. The van der Waals surface area contributed by atoms with Crippen molar-refractivity contribution in [3.63, 3.8) is 0 Å². The van der Waals surface area contributed by atoms with Crippen molar-refractivity contribution in [2.75, 3.05) is 5.32 Å². The van der Waals surface area contributed by atoms with Crippen LogP contribution in [-0.4, -0.2) is 16.8 Å². The van der Waals surface area contributed by atoms with Crippen molar-refractivity contribution < 1.29 is 4.79 Å². The minimum Gasteiger partial charge on any atom is -0.368 e. The van der Waals surface area contributed by atoms with E-state index in [0.717, 1.165) is 18.2 Å². The lowest BCUT2D eigenvalue weighted by molar-refractivity contribution is 0.101. The molecule has 0 aromatic carbocycles. The highest BCUT2D eigenvalue weighted by atomic mass is 16.1. The van der Waals surface area contributed by atoms with Crippen LogP contribution in [0.4, 0.5) is 5.82 Å². The first-order valence-electron chi connectivity index (χ1n) is 6.72. The summed E-state index contributed by atoms with van der Waals surface area (Å²) in [7, 11) is 0. The number of hydrogen-bond acceptors (Lipinski definition) is 3. The van der Waals surface area contributed by atoms with Gasteiger partial charge in [0.25, 0.3) is 0 Å². The van der Waals surface area contributed by atoms with Crippen molar-refractivity contribution in [3.05, 3.63) is 23.9 Å². The van der Waals surface area contributed by atoms with Gasteiger partial charge in [0.15, 0.2) is 5.78 Å². The Morgan fingerprint density at radius 2 is 2.00 bits per heavy atom. The van der Waals surface area contributed by atoms with Crippen LogP contribution in [0.2, 0.25) is 0 Å². The van der Waals surface area contributed by atoms with Crippen molar-refractivity contribution in [1.82, 2.24) is 4.98 Å². The fourth-order valence-electron chi connectivity index (χ4n) is 1.84. The summed E-state index contributed by atoms with van der Waals surface area (Å²) in [4.78, 5) is 15.4. The standard InChI is InChI=1S/C15H24N2O/c1-11(2)6-5-7-12(3)17-15-9-8-14(10-16-15)13(4)18/h8-12H,5-7H2,1-4H3,(H,16,17). The molecule has 0 aliphatic heterocycles. The van der Waals surface area contributed by atoms with Crippen LogP contribution in [0.5, 0.6) is 0 Å². The SMILES string of the molecule is CC(=O)c1ccc(NC(C)CCCC(C)C)nc1. The van der Waals surface area contributed by atoms with Gasteiger partial charge in [0, 0.05) is 17.8 Å². The number of nitrogens with one attached hydrogen (secondary N) is 1. The molecule has 0 bridgehead atoms. The molecule has 1 heterocycles. The van der Waals surface area contributed by atoms with Crippen LogP contribution >= 0.6 is 0 Å². The lowest BCUT2D eigenvalue weighted by atomic mass is 10.0. The van der Waals surface area contributed by atoms with Gasteiger partial charge in [-0.25, -0.2) is 4.98 Å². The third-order valence-corrected chi connectivity index (χ3v) is 2.98. The quantitative estimate of drug-likeness (QED) is 0.744. The molecule has 18 heavy (non-hydrogen) atoms. The minimum absolute atomic E-state index is 0.0547. The maximum Gasteiger partial charge on any atom is 0.161 e. The Labute approximate surface area is 110 Å². The molecular formula is C15H24N2O. The van der Waals surface area contributed by atoms with Crippen LogP contribution in [0, 0.1) is 5.92 Å². The van der Waals surface area contributed by atoms with Crippen LogP contribution < -0.4 is 5.32 Å². The number of rotatable bonds is 7. The Morgan fingerprint density at radius 3 is 2.50 bits per heavy atom. The largest absolute Gasteiger partial charge is 0.368 e. The third kappa shape index (κ3) is 5.30. The number of ketones is 1. The third-order valence-electron chi connectivity index (χ3n) is 2.98. The van der Waals surface area contributed by atoms with Gasteiger partial charge in [-0.1, -0.05) is 26.7 Å². The molecule has 0 aliphatic carbocycles. The average molecular weight is 248 g/mol. The zero-order chi connectivity index (χ0) is 13.5. The van der Waals surface area contributed by atoms with E-state index >= 15 is 0 Å². The molecule has 1 atom stereocenters. The molecule has 3 heteroatoms. The van der Waals surface area contributed by atoms with E-state index in [9.17, 15) is 4.79 Å². The molecule has 100 valence electrons. The van der Waals surface area contributed by atoms with Gasteiger partial charge in [-0.2, -0.15) is 0 Å². The summed E-state index contributed by atoms with van der Waals surface area (Å²) < 4.78 is 0. The molecule has 0 radical (unpaired) electrons. The molecule has 0 spiro atoms. The van der Waals surface area contributed by atoms with Gasteiger partial charge in [0.2, 0.25) is 0 Å². The van der Waals surface area contributed by atoms with Gasteiger partial charge >= 0.3 is 0 Å². The Hall–Kier alpha value is -1.38. The van der Waals surface area contributed by atoms with Crippen molar-refractivity contribution in [2.45, 2.75) is 53.0 Å². The highest BCUT2D eigenvalue weighted by Gasteiger charge is 2.05. The molecule has 0 amide bonds. The van der Waals surface area contributed by atoms with E-state index < -0.39 is 0 Å². The second-order valence-electron chi connectivity index (χ2n) is 5.36. The molecule has 3 nitrogen and oxygen atoms in total. The van der Waals surface area contributed by atoms with Gasteiger partial charge in [-0.15, -0.1) is 0 Å². The molecule has 1 unspecified atom stereocenters. The molecule has 0 aliphatic rings. The van der Waals surface area contributed by atoms with Crippen LogP contribution in [-0.2, 0) is 0 Å². The zero-order valence-electron chi connectivity index (χ0n) is 11.9. The van der Waals surface area contributed by atoms with Crippen molar-refractivity contribution in [3.8, 4) is 0 Å². The van der Waals surface area contributed by atoms with Crippen LogP contribution in [0.25, 0.3) is 0 Å². The summed E-state index contributed by atoms with van der Waals surface area (Å²) in [5.41, 5.74) is 0.660. The summed E-state index contributed by atoms with van der Waals surface area (Å²) in [5.74, 6) is 1.67. The monoisotopic (exact) mass is 248 g/mol. The molecule has 0 fully saturated rings. The maximum atomic E-state index is 11.1. The normalized spacial score (nSPS) is 12.5. The number of Topliss-reactive ketones (excluding diaryl/α,β-unsaturated/α-hetero) is 1. The number of anilines is 1. The number of nitrogens with zero attached hydrogens (tertiary/aromatic N) is 1. The minimum atomic E-state index is 0.0547. The molecule has 0 saturated carbocycles. The number of pyridine rings is 1. The van der Waals surface area contributed by atoms with E-state index in [4.69, 9.17) is 0 Å². The van der Waals surface area contributed by atoms with E-state index in [0.29, 0.717) is 11.6 Å². The maximum absolute atomic E-state index is 11.1. The van der Waals surface area contributed by atoms with Crippen molar-refractivity contribution in [2.24, 2.45) is 5.92 Å². The Balaban J connectivity index is 2.39. The van der Waals surface area contributed by atoms with Crippen LogP contribution in [0.3, 0.4) is 0 Å². The highest BCUT2D eigenvalue weighted by molar-refractivity contribution is 5.93.